The Kier molecular flexibility index (Phi) is 5.76. The molecule has 0 fully saturated rings. The molecule has 0 saturated heterocycles. The topological polar surface area (TPSA) is 104 Å². The van der Waals surface area contributed by atoms with Crippen molar-refractivity contribution in [2.75, 3.05) is 13.1 Å². The number of guanidine groups is 1. The van der Waals surface area contributed by atoms with Crippen LogP contribution in [-0.2, 0) is 13.0 Å². The van der Waals surface area contributed by atoms with Gasteiger partial charge < -0.3 is 15.1 Å². The highest BCUT2D eigenvalue weighted by molar-refractivity contribution is 5.79. The van der Waals surface area contributed by atoms with Crippen LogP contribution in [-0.4, -0.2) is 39.2 Å². The van der Waals surface area contributed by atoms with E-state index in [1.165, 1.54) is 0 Å². The van der Waals surface area contributed by atoms with Gasteiger partial charge in [0.2, 0.25) is 5.82 Å². The number of hydrogen-bond donors (Lipinski definition) is 3. The van der Waals surface area contributed by atoms with Crippen LogP contribution in [0.1, 0.15) is 18.4 Å². The van der Waals surface area contributed by atoms with Crippen molar-refractivity contribution < 1.29 is 4.42 Å². The summed E-state index contributed by atoms with van der Waals surface area (Å²) in [5, 5.41) is 13.5. The zero-order chi connectivity index (χ0) is 17.3. The third kappa shape index (κ3) is 4.90. The largest absolute Gasteiger partial charge is 0.461 e. The van der Waals surface area contributed by atoms with E-state index in [0.29, 0.717) is 24.0 Å². The molecule has 3 N–H and O–H groups in total. The zero-order valence-corrected chi connectivity index (χ0v) is 14.1. The zero-order valence-electron chi connectivity index (χ0n) is 14.1. The molecule has 0 atom stereocenters. The van der Waals surface area contributed by atoms with Gasteiger partial charge in [-0.25, -0.2) is 9.98 Å². The van der Waals surface area contributed by atoms with Gasteiger partial charge in [0.05, 0.1) is 6.26 Å². The van der Waals surface area contributed by atoms with Crippen LogP contribution in [0.5, 0.6) is 0 Å². The van der Waals surface area contributed by atoms with Gasteiger partial charge in [0.1, 0.15) is 12.4 Å². The Morgan fingerprint density at radius 2 is 2.20 bits per heavy atom. The highest BCUT2D eigenvalue weighted by Crippen LogP contribution is 2.14. The predicted octanol–water partition coefficient (Wildman–Crippen LogP) is 1.76. The van der Waals surface area contributed by atoms with Crippen molar-refractivity contribution in [3.05, 3.63) is 54.3 Å². The monoisotopic (exact) mass is 339 g/mol. The molecular formula is C17H21N7O. The summed E-state index contributed by atoms with van der Waals surface area (Å²) >= 11 is 0. The number of aliphatic imine (C=N–C) groups is 1. The van der Waals surface area contributed by atoms with Gasteiger partial charge in [0.25, 0.3) is 0 Å². The lowest BCUT2D eigenvalue weighted by molar-refractivity contribution is 0.577. The molecule has 3 aromatic rings. The molecule has 3 heterocycles. The van der Waals surface area contributed by atoms with E-state index in [0.717, 1.165) is 31.2 Å². The van der Waals surface area contributed by atoms with E-state index in [9.17, 15) is 0 Å². The number of rotatable bonds is 7. The summed E-state index contributed by atoms with van der Waals surface area (Å²) in [4.78, 5) is 13.2. The molecular weight excluding hydrogens is 318 g/mol. The molecule has 25 heavy (non-hydrogen) atoms. The molecule has 8 heteroatoms. The second kappa shape index (κ2) is 8.62. The predicted molar refractivity (Wildman–Crippen MR) is 94.8 cm³/mol. The highest BCUT2D eigenvalue weighted by atomic mass is 16.3. The fourth-order valence-electron chi connectivity index (χ4n) is 2.23. The third-order valence-corrected chi connectivity index (χ3v) is 3.40. The molecule has 0 aliphatic carbocycles. The standard InChI is InChI=1S/C17H21N7O/c1-2-18-17(20-10-8-13-6-3-4-9-19-13)21-12-15-22-16(24-23-15)14-7-5-11-25-14/h3-7,9,11H,2,8,10,12H2,1H3,(H2,18,20,21)(H,22,23,24). The van der Waals surface area contributed by atoms with Crippen LogP contribution in [0.4, 0.5) is 0 Å². The molecule has 3 rings (SSSR count). The minimum atomic E-state index is 0.395. The lowest BCUT2D eigenvalue weighted by Crippen LogP contribution is -2.38. The number of nitrogens with zero attached hydrogens (tertiary/aromatic N) is 4. The van der Waals surface area contributed by atoms with Crippen molar-refractivity contribution in [1.29, 1.82) is 0 Å². The van der Waals surface area contributed by atoms with Crippen molar-refractivity contribution in [1.82, 2.24) is 30.8 Å². The van der Waals surface area contributed by atoms with E-state index in [1.54, 1.807) is 18.5 Å². The molecule has 0 aromatic carbocycles. The molecule has 0 bridgehead atoms. The maximum absolute atomic E-state index is 5.28. The molecule has 0 aliphatic rings. The summed E-state index contributed by atoms with van der Waals surface area (Å²) < 4.78 is 5.28. The average molecular weight is 339 g/mol. The Hall–Kier alpha value is -3.16. The number of hydrogen-bond acceptors (Lipinski definition) is 5. The second-order valence-electron chi connectivity index (χ2n) is 5.28. The SMILES string of the molecule is CCNC(=NCc1nc(-c2ccco2)n[nH]1)NCCc1ccccn1. The number of nitrogens with one attached hydrogen (secondary N) is 3. The van der Waals surface area contributed by atoms with E-state index in [4.69, 9.17) is 4.42 Å². The summed E-state index contributed by atoms with van der Waals surface area (Å²) in [7, 11) is 0. The molecule has 3 aromatic heterocycles. The van der Waals surface area contributed by atoms with Gasteiger partial charge in [-0.2, -0.15) is 0 Å². The van der Waals surface area contributed by atoms with Crippen LogP contribution in [0.25, 0.3) is 11.6 Å². The van der Waals surface area contributed by atoms with Gasteiger partial charge in [-0.15, -0.1) is 5.10 Å². The maximum Gasteiger partial charge on any atom is 0.216 e. The lowest BCUT2D eigenvalue weighted by atomic mass is 10.3. The van der Waals surface area contributed by atoms with Crippen molar-refractivity contribution in [2.45, 2.75) is 19.9 Å². The summed E-state index contributed by atoms with van der Waals surface area (Å²) in [6, 6.07) is 9.53. The van der Waals surface area contributed by atoms with Gasteiger partial charge in [-0.1, -0.05) is 6.07 Å². The first kappa shape index (κ1) is 16.7. The molecule has 0 saturated carbocycles. The van der Waals surface area contributed by atoms with Crippen LogP contribution in [0, 0.1) is 0 Å². The normalized spacial score (nSPS) is 11.5. The Morgan fingerprint density at radius 1 is 1.24 bits per heavy atom. The Balaban J connectivity index is 1.54. The Bertz CT molecular complexity index is 780. The highest BCUT2D eigenvalue weighted by Gasteiger charge is 2.08. The minimum absolute atomic E-state index is 0.395. The molecule has 0 unspecified atom stereocenters. The molecule has 8 nitrogen and oxygen atoms in total. The van der Waals surface area contributed by atoms with Gasteiger partial charge in [-0.05, 0) is 31.2 Å². The number of pyridine rings is 1. The van der Waals surface area contributed by atoms with Crippen molar-refractivity contribution in [3.8, 4) is 11.6 Å². The van der Waals surface area contributed by atoms with Crippen LogP contribution in [0.3, 0.4) is 0 Å². The molecule has 130 valence electrons. The Morgan fingerprint density at radius 3 is 2.96 bits per heavy atom. The first-order valence-electron chi connectivity index (χ1n) is 8.22. The quantitative estimate of drug-likeness (QED) is 0.447. The molecule has 0 spiro atoms. The van der Waals surface area contributed by atoms with Gasteiger partial charge in [-0.3, -0.25) is 10.1 Å². The number of aromatic nitrogens is 4. The first-order valence-corrected chi connectivity index (χ1v) is 8.22. The molecule has 0 radical (unpaired) electrons. The van der Waals surface area contributed by atoms with E-state index in [1.807, 2.05) is 31.2 Å². The Labute approximate surface area is 145 Å². The van der Waals surface area contributed by atoms with Gasteiger partial charge in [0, 0.05) is 31.4 Å². The van der Waals surface area contributed by atoms with Crippen molar-refractivity contribution in [3.63, 3.8) is 0 Å². The summed E-state index contributed by atoms with van der Waals surface area (Å²) in [6.07, 6.45) is 4.23. The van der Waals surface area contributed by atoms with Crippen LogP contribution in [0.15, 0.2) is 52.2 Å². The summed E-state index contributed by atoms with van der Waals surface area (Å²) in [6.45, 7) is 3.95. The van der Waals surface area contributed by atoms with Gasteiger partial charge >= 0.3 is 0 Å². The minimum Gasteiger partial charge on any atom is -0.461 e. The molecule has 0 amide bonds. The number of aromatic amines is 1. The fourth-order valence-corrected chi connectivity index (χ4v) is 2.23. The summed E-state index contributed by atoms with van der Waals surface area (Å²) in [5.41, 5.74) is 1.05. The summed E-state index contributed by atoms with van der Waals surface area (Å²) in [5.74, 6) is 2.57. The number of furan rings is 1. The van der Waals surface area contributed by atoms with Gasteiger partial charge in [0.15, 0.2) is 11.7 Å². The van der Waals surface area contributed by atoms with Crippen LogP contribution < -0.4 is 10.6 Å². The van der Waals surface area contributed by atoms with E-state index >= 15 is 0 Å². The van der Waals surface area contributed by atoms with Crippen molar-refractivity contribution >= 4 is 5.96 Å². The smallest absolute Gasteiger partial charge is 0.216 e. The maximum atomic E-state index is 5.28. The third-order valence-electron chi connectivity index (χ3n) is 3.40. The van der Waals surface area contributed by atoms with Crippen molar-refractivity contribution in [2.24, 2.45) is 4.99 Å². The number of H-pyrrole nitrogens is 1. The molecule has 0 aliphatic heterocycles. The van der Waals surface area contributed by atoms with Crippen LogP contribution >= 0.6 is 0 Å². The first-order chi connectivity index (χ1) is 12.3. The second-order valence-corrected chi connectivity index (χ2v) is 5.28. The fraction of sp³-hybridized carbons (Fsp3) is 0.294. The lowest BCUT2D eigenvalue weighted by Gasteiger charge is -2.10. The van der Waals surface area contributed by atoms with Crippen LogP contribution in [0.2, 0.25) is 0 Å². The average Bonchev–Trinajstić information content (AvgIpc) is 3.32. The van der Waals surface area contributed by atoms with E-state index < -0.39 is 0 Å². The van der Waals surface area contributed by atoms with E-state index in [-0.39, 0.29) is 0 Å². The van der Waals surface area contributed by atoms with E-state index in [2.05, 4.69) is 35.8 Å².